The quantitative estimate of drug-likeness (QED) is 0.526. The SMILES string of the molecule is CC[C@@]12CC(=O)[C@@H](C(=O)OC)[C@@H](C[C@@H]1C)O2. The predicted octanol–water partition coefficient (Wildman–Crippen LogP) is 1.32. The normalized spacial score (nSPS) is 42.2. The average molecular weight is 226 g/mol. The predicted molar refractivity (Wildman–Crippen MR) is 56.8 cm³/mol. The average Bonchev–Trinajstić information content (AvgIpc) is 2.52. The molecule has 0 unspecified atom stereocenters. The van der Waals surface area contributed by atoms with E-state index < -0.39 is 11.9 Å². The number of ketones is 1. The molecule has 4 nitrogen and oxygen atoms in total. The molecule has 2 bridgehead atoms. The first-order chi connectivity index (χ1) is 7.54. The Kier molecular flexibility index (Phi) is 2.78. The van der Waals surface area contributed by atoms with Crippen LogP contribution in [0.1, 0.15) is 33.1 Å². The summed E-state index contributed by atoms with van der Waals surface area (Å²) >= 11 is 0. The second-order valence-corrected chi connectivity index (χ2v) is 4.86. The molecule has 16 heavy (non-hydrogen) atoms. The molecule has 2 saturated heterocycles. The summed E-state index contributed by atoms with van der Waals surface area (Å²) in [5.41, 5.74) is -0.327. The highest BCUT2D eigenvalue weighted by Crippen LogP contribution is 2.48. The lowest BCUT2D eigenvalue weighted by atomic mass is 9.82. The fourth-order valence-electron chi connectivity index (χ4n) is 3.03. The third-order valence-corrected chi connectivity index (χ3v) is 4.12. The molecule has 2 heterocycles. The van der Waals surface area contributed by atoms with Crippen molar-refractivity contribution in [3.8, 4) is 0 Å². The summed E-state index contributed by atoms with van der Waals surface area (Å²) in [5, 5.41) is 0. The maximum atomic E-state index is 12.0. The second kappa shape index (κ2) is 3.84. The van der Waals surface area contributed by atoms with Crippen LogP contribution in [0.2, 0.25) is 0 Å². The minimum Gasteiger partial charge on any atom is -0.468 e. The number of hydrogen-bond donors (Lipinski definition) is 0. The zero-order valence-corrected chi connectivity index (χ0v) is 9.99. The topological polar surface area (TPSA) is 52.6 Å². The van der Waals surface area contributed by atoms with Crippen LogP contribution in [0, 0.1) is 11.8 Å². The molecule has 2 aliphatic heterocycles. The van der Waals surface area contributed by atoms with Gasteiger partial charge in [-0.05, 0) is 18.8 Å². The first-order valence-corrected chi connectivity index (χ1v) is 5.82. The van der Waals surface area contributed by atoms with Crippen LogP contribution in [0.5, 0.6) is 0 Å². The van der Waals surface area contributed by atoms with E-state index in [2.05, 4.69) is 11.7 Å². The number of methoxy groups -OCH3 is 1. The van der Waals surface area contributed by atoms with Gasteiger partial charge in [0.05, 0.1) is 18.8 Å². The van der Waals surface area contributed by atoms with Crippen molar-refractivity contribution in [1.29, 1.82) is 0 Å². The molecule has 2 rings (SSSR count). The Morgan fingerprint density at radius 3 is 2.88 bits per heavy atom. The number of carbonyl (C=O) groups excluding carboxylic acids is 2. The molecule has 0 amide bonds. The lowest BCUT2D eigenvalue weighted by Gasteiger charge is -2.36. The smallest absolute Gasteiger partial charge is 0.318 e. The number of carbonyl (C=O) groups is 2. The maximum Gasteiger partial charge on any atom is 0.318 e. The molecule has 4 heteroatoms. The Labute approximate surface area is 95.3 Å². The molecule has 90 valence electrons. The molecule has 2 aliphatic rings. The van der Waals surface area contributed by atoms with Crippen LogP contribution in [0.3, 0.4) is 0 Å². The summed E-state index contributed by atoms with van der Waals surface area (Å²) in [6, 6.07) is 0. The van der Waals surface area contributed by atoms with Crippen LogP contribution in [0.15, 0.2) is 0 Å². The van der Waals surface area contributed by atoms with E-state index in [1.807, 2.05) is 6.92 Å². The van der Waals surface area contributed by atoms with Gasteiger partial charge in [-0.25, -0.2) is 0 Å². The van der Waals surface area contributed by atoms with Crippen molar-refractivity contribution in [2.75, 3.05) is 7.11 Å². The lowest BCUT2D eigenvalue weighted by molar-refractivity contribution is -0.171. The van der Waals surface area contributed by atoms with E-state index in [1.54, 1.807) is 0 Å². The lowest BCUT2D eigenvalue weighted by Crippen LogP contribution is -2.47. The van der Waals surface area contributed by atoms with Crippen molar-refractivity contribution in [2.24, 2.45) is 11.8 Å². The molecule has 0 radical (unpaired) electrons. The maximum absolute atomic E-state index is 12.0. The number of fused-ring (bicyclic) bond motifs is 2. The number of Topliss-reactive ketones (excluding diaryl/α,β-unsaturated/α-hetero) is 1. The molecular weight excluding hydrogens is 208 g/mol. The second-order valence-electron chi connectivity index (χ2n) is 4.86. The Hall–Kier alpha value is -0.900. The van der Waals surface area contributed by atoms with Gasteiger partial charge in [0.15, 0.2) is 5.78 Å². The summed E-state index contributed by atoms with van der Waals surface area (Å²) < 4.78 is 10.6. The summed E-state index contributed by atoms with van der Waals surface area (Å²) in [6.45, 7) is 4.13. The van der Waals surface area contributed by atoms with E-state index in [0.29, 0.717) is 12.3 Å². The van der Waals surface area contributed by atoms with Gasteiger partial charge < -0.3 is 9.47 Å². The Balaban J connectivity index is 2.26. The molecular formula is C12H18O4. The van der Waals surface area contributed by atoms with Crippen LogP contribution < -0.4 is 0 Å². The molecule has 0 spiro atoms. The number of rotatable bonds is 2. The van der Waals surface area contributed by atoms with Crippen molar-refractivity contribution in [1.82, 2.24) is 0 Å². The van der Waals surface area contributed by atoms with Gasteiger partial charge in [-0.2, -0.15) is 0 Å². The van der Waals surface area contributed by atoms with E-state index in [9.17, 15) is 9.59 Å². The monoisotopic (exact) mass is 226 g/mol. The van der Waals surface area contributed by atoms with E-state index >= 15 is 0 Å². The van der Waals surface area contributed by atoms with E-state index in [0.717, 1.165) is 12.8 Å². The van der Waals surface area contributed by atoms with E-state index in [1.165, 1.54) is 7.11 Å². The van der Waals surface area contributed by atoms with Crippen molar-refractivity contribution in [3.05, 3.63) is 0 Å². The largest absolute Gasteiger partial charge is 0.468 e. The molecule has 4 atom stereocenters. The summed E-state index contributed by atoms with van der Waals surface area (Å²) in [4.78, 5) is 23.5. The minimum atomic E-state index is -0.699. The molecule has 0 aromatic rings. The van der Waals surface area contributed by atoms with Crippen LogP contribution >= 0.6 is 0 Å². The van der Waals surface area contributed by atoms with E-state index in [4.69, 9.17) is 4.74 Å². The van der Waals surface area contributed by atoms with Gasteiger partial charge in [-0.15, -0.1) is 0 Å². The third kappa shape index (κ3) is 1.47. The first kappa shape index (κ1) is 11.6. The highest BCUT2D eigenvalue weighted by molar-refractivity contribution is 6.00. The van der Waals surface area contributed by atoms with Gasteiger partial charge in [-0.3, -0.25) is 9.59 Å². The highest BCUT2D eigenvalue weighted by Gasteiger charge is 2.56. The highest BCUT2D eigenvalue weighted by atomic mass is 16.5. The van der Waals surface area contributed by atoms with Crippen LogP contribution in [0.4, 0.5) is 0 Å². The number of hydrogen-bond acceptors (Lipinski definition) is 4. The molecule has 0 aromatic carbocycles. The molecule has 2 fully saturated rings. The number of ether oxygens (including phenoxy) is 2. The van der Waals surface area contributed by atoms with Gasteiger partial charge >= 0.3 is 5.97 Å². The van der Waals surface area contributed by atoms with E-state index in [-0.39, 0.29) is 17.5 Å². The summed E-state index contributed by atoms with van der Waals surface area (Å²) in [6.07, 6.45) is 1.67. The van der Waals surface area contributed by atoms with Crippen LogP contribution in [-0.2, 0) is 19.1 Å². The van der Waals surface area contributed by atoms with Gasteiger partial charge in [0.2, 0.25) is 0 Å². The van der Waals surface area contributed by atoms with Crippen molar-refractivity contribution in [2.45, 2.75) is 44.8 Å². The Bertz CT molecular complexity index is 325. The Morgan fingerprint density at radius 1 is 1.62 bits per heavy atom. The fourth-order valence-corrected chi connectivity index (χ4v) is 3.03. The Morgan fingerprint density at radius 2 is 2.31 bits per heavy atom. The minimum absolute atomic E-state index is 0.0192. The molecule has 0 aromatic heterocycles. The van der Waals surface area contributed by atoms with Gasteiger partial charge in [0.1, 0.15) is 5.92 Å². The van der Waals surface area contributed by atoms with Crippen molar-refractivity contribution < 1.29 is 19.1 Å². The van der Waals surface area contributed by atoms with Crippen LogP contribution in [-0.4, -0.2) is 30.6 Å². The van der Waals surface area contributed by atoms with Crippen molar-refractivity contribution in [3.63, 3.8) is 0 Å². The first-order valence-electron chi connectivity index (χ1n) is 5.82. The molecule has 0 aliphatic carbocycles. The summed E-state index contributed by atoms with van der Waals surface area (Å²) in [5.74, 6) is -0.834. The standard InChI is InChI=1S/C12H18O4/c1-4-12-6-8(13)10(11(14)15-3)9(16-12)5-7(12)2/h7,9-10H,4-6H2,1-3H3/t7-,9+,10+,12+/m0/s1. The van der Waals surface area contributed by atoms with Crippen molar-refractivity contribution >= 4 is 11.8 Å². The van der Waals surface area contributed by atoms with Gasteiger partial charge in [0, 0.05) is 6.42 Å². The molecule has 0 saturated carbocycles. The fraction of sp³-hybridized carbons (Fsp3) is 0.833. The van der Waals surface area contributed by atoms with Gasteiger partial charge in [0.25, 0.3) is 0 Å². The van der Waals surface area contributed by atoms with Gasteiger partial charge in [-0.1, -0.05) is 13.8 Å². The molecule has 0 N–H and O–H groups in total. The number of esters is 1. The zero-order valence-electron chi connectivity index (χ0n) is 9.99. The third-order valence-electron chi connectivity index (χ3n) is 4.12. The van der Waals surface area contributed by atoms with Crippen LogP contribution in [0.25, 0.3) is 0 Å². The zero-order chi connectivity index (χ0) is 11.9. The summed E-state index contributed by atoms with van der Waals surface area (Å²) in [7, 11) is 1.32.